The van der Waals surface area contributed by atoms with E-state index in [1.54, 1.807) is 24.5 Å². The van der Waals surface area contributed by atoms with E-state index in [1.807, 2.05) is 0 Å². The molecule has 0 aliphatic carbocycles. The Bertz CT molecular complexity index is 592. The van der Waals surface area contributed by atoms with Gasteiger partial charge in [0, 0.05) is 24.3 Å². The first kappa shape index (κ1) is 15.4. The minimum atomic E-state index is 0.0687. The zero-order chi connectivity index (χ0) is 14.8. The lowest BCUT2D eigenvalue weighted by atomic mass is 9.93. The van der Waals surface area contributed by atoms with E-state index in [4.69, 9.17) is 16.3 Å². The van der Waals surface area contributed by atoms with Crippen LogP contribution in [-0.2, 0) is 23.2 Å². The van der Waals surface area contributed by atoms with Crippen LogP contribution in [0.2, 0.25) is 5.15 Å². The van der Waals surface area contributed by atoms with Crippen LogP contribution in [0.5, 0.6) is 0 Å². The molecule has 2 heterocycles. The highest BCUT2D eigenvalue weighted by Crippen LogP contribution is 2.25. The van der Waals surface area contributed by atoms with Crippen molar-refractivity contribution < 1.29 is 4.74 Å². The molecule has 108 valence electrons. The van der Waals surface area contributed by atoms with Crippen molar-refractivity contribution in [2.24, 2.45) is 0 Å². The fourth-order valence-electron chi connectivity index (χ4n) is 1.69. The molecule has 0 bridgehead atoms. The lowest BCUT2D eigenvalue weighted by Crippen LogP contribution is -2.11. The van der Waals surface area contributed by atoms with Gasteiger partial charge >= 0.3 is 0 Å². The zero-order valence-corrected chi connectivity index (χ0v) is 13.7. The minimum absolute atomic E-state index is 0.0687. The number of nitrogens with zero attached hydrogens (tertiary/aromatic N) is 3. The number of rotatable bonds is 4. The molecule has 0 atom stereocenters. The summed E-state index contributed by atoms with van der Waals surface area (Å²) in [6, 6.07) is 1.78. The molecule has 0 N–H and O–H groups in total. The van der Waals surface area contributed by atoms with Gasteiger partial charge in [-0.05, 0) is 6.07 Å². The summed E-state index contributed by atoms with van der Waals surface area (Å²) in [6.45, 7) is 6.83. The van der Waals surface area contributed by atoms with Gasteiger partial charge in [-0.3, -0.25) is 0 Å². The summed E-state index contributed by atoms with van der Waals surface area (Å²) in [7, 11) is 1.61. The van der Waals surface area contributed by atoms with Gasteiger partial charge in [-0.2, -0.15) is 0 Å². The molecule has 0 saturated carbocycles. The molecule has 2 aromatic heterocycles. The molecular formula is C14H18ClN3OS. The van der Waals surface area contributed by atoms with Crippen LogP contribution in [0.3, 0.4) is 0 Å². The summed E-state index contributed by atoms with van der Waals surface area (Å²) >= 11 is 7.66. The second-order valence-corrected chi connectivity index (χ2v) is 6.91. The van der Waals surface area contributed by atoms with Crippen molar-refractivity contribution in [1.29, 1.82) is 0 Å². The molecule has 4 nitrogen and oxygen atoms in total. The first-order valence-corrected chi connectivity index (χ1v) is 7.60. The standard InChI is InChI=1S/C14H18ClN3OS/c1-14(2,3)10-8-20-13(17-10)6-9-5-11(15)18-12(16-9)7-19-4/h5,8H,6-7H2,1-4H3. The Labute approximate surface area is 128 Å². The van der Waals surface area contributed by atoms with E-state index in [0.717, 1.165) is 16.4 Å². The number of hydrogen-bond donors (Lipinski definition) is 0. The Morgan fingerprint density at radius 1 is 1.25 bits per heavy atom. The van der Waals surface area contributed by atoms with Crippen molar-refractivity contribution in [3.63, 3.8) is 0 Å². The van der Waals surface area contributed by atoms with Gasteiger partial charge in [0.05, 0.1) is 16.4 Å². The summed E-state index contributed by atoms with van der Waals surface area (Å²) in [5.41, 5.74) is 2.04. The average molecular weight is 312 g/mol. The average Bonchev–Trinajstić information content (AvgIpc) is 2.76. The first-order valence-electron chi connectivity index (χ1n) is 6.34. The first-order chi connectivity index (χ1) is 9.38. The molecule has 0 saturated heterocycles. The van der Waals surface area contributed by atoms with Gasteiger partial charge in [0.15, 0.2) is 5.82 Å². The molecule has 0 fully saturated rings. The molecule has 0 aliphatic rings. The van der Waals surface area contributed by atoms with Gasteiger partial charge in [0.1, 0.15) is 11.8 Å². The molecule has 2 aromatic rings. The Balaban J connectivity index is 2.19. The predicted octanol–water partition coefficient (Wildman–Crippen LogP) is 3.62. The normalized spacial score (nSPS) is 11.8. The van der Waals surface area contributed by atoms with Gasteiger partial charge in [0.25, 0.3) is 0 Å². The maximum Gasteiger partial charge on any atom is 0.155 e. The van der Waals surface area contributed by atoms with E-state index in [9.17, 15) is 0 Å². The summed E-state index contributed by atoms with van der Waals surface area (Å²) in [4.78, 5) is 13.2. The topological polar surface area (TPSA) is 47.9 Å². The minimum Gasteiger partial charge on any atom is -0.377 e. The van der Waals surface area contributed by atoms with E-state index in [-0.39, 0.29) is 5.41 Å². The summed E-state index contributed by atoms with van der Waals surface area (Å²) < 4.78 is 5.04. The number of aromatic nitrogens is 3. The van der Waals surface area contributed by atoms with Crippen molar-refractivity contribution in [2.45, 2.75) is 39.2 Å². The smallest absolute Gasteiger partial charge is 0.155 e. The molecule has 0 aliphatic heterocycles. The second kappa shape index (κ2) is 6.16. The van der Waals surface area contributed by atoms with Crippen molar-refractivity contribution in [2.75, 3.05) is 7.11 Å². The van der Waals surface area contributed by atoms with Crippen molar-refractivity contribution in [1.82, 2.24) is 15.0 Å². The lowest BCUT2D eigenvalue weighted by molar-refractivity contribution is 0.177. The largest absolute Gasteiger partial charge is 0.377 e. The van der Waals surface area contributed by atoms with Gasteiger partial charge < -0.3 is 4.74 Å². The highest BCUT2D eigenvalue weighted by molar-refractivity contribution is 7.09. The number of ether oxygens (including phenoxy) is 1. The van der Waals surface area contributed by atoms with Crippen LogP contribution in [0.1, 0.15) is 43.0 Å². The number of thiazole rings is 1. The third kappa shape index (κ3) is 3.98. The SMILES string of the molecule is COCc1nc(Cl)cc(Cc2nc(C(C)(C)C)cs2)n1. The maximum atomic E-state index is 6.01. The zero-order valence-electron chi connectivity index (χ0n) is 12.1. The highest BCUT2D eigenvalue weighted by atomic mass is 35.5. The fourth-order valence-corrected chi connectivity index (χ4v) is 2.95. The second-order valence-electron chi connectivity index (χ2n) is 5.58. The van der Waals surface area contributed by atoms with E-state index < -0.39 is 0 Å². The van der Waals surface area contributed by atoms with Crippen LogP contribution in [0, 0.1) is 0 Å². The van der Waals surface area contributed by atoms with Gasteiger partial charge in [0.2, 0.25) is 0 Å². The molecular weight excluding hydrogens is 294 g/mol. The Morgan fingerprint density at radius 3 is 2.60 bits per heavy atom. The van der Waals surface area contributed by atoms with Crippen LogP contribution >= 0.6 is 22.9 Å². The predicted molar refractivity (Wildman–Crippen MR) is 81.4 cm³/mol. The van der Waals surface area contributed by atoms with Gasteiger partial charge in [-0.25, -0.2) is 15.0 Å². The van der Waals surface area contributed by atoms with Crippen molar-refractivity contribution in [3.8, 4) is 0 Å². The van der Waals surface area contributed by atoms with Crippen LogP contribution < -0.4 is 0 Å². The number of hydrogen-bond acceptors (Lipinski definition) is 5. The quantitative estimate of drug-likeness (QED) is 0.809. The summed E-state index contributed by atoms with van der Waals surface area (Å²) in [6.07, 6.45) is 0.666. The van der Waals surface area contributed by atoms with E-state index in [1.165, 1.54) is 0 Å². The molecule has 0 amide bonds. The summed E-state index contributed by atoms with van der Waals surface area (Å²) in [5.74, 6) is 0.600. The van der Waals surface area contributed by atoms with Crippen LogP contribution in [0.15, 0.2) is 11.4 Å². The van der Waals surface area contributed by atoms with E-state index in [2.05, 4.69) is 41.1 Å². The maximum absolute atomic E-state index is 6.01. The van der Waals surface area contributed by atoms with Gasteiger partial charge in [-0.1, -0.05) is 32.4 Å². The van der Waals surface area contributed by atoms with Crippen LogP contribution in [0.25, 0.3) is 0 Å². The Morgan fingerprint density at radius 2 is 2.00 bits per heavy atom. The molecule has 20 heavy (non-hydrogen) atoms. The van der Waals surface area contributed by atoms with Crippen molar-refractivity contribution in [3.05, 3.63) is 38.8 Å². The monoisotopic (exact) mass is 311 g/mol. The molecule has 0 aromatic carbocycles. The third-order valence-corrected chi connectivity index (χ3v) is 3.76. The van der Waals surface area contributed by atoms with Crippen LogP contribution in [-0.4, -0.2) is 22.1 Å². The lowest BCUT2D eigenvalue weighted by Gasteiger charge is -2.14. The van der Waals surface area contributed by atoms with Crippen molar-refractivity contribution >= 4 is 22.9 Å². The van der Waals surface area contributed by atoms with E-state index >= 15 is 0 Å². The summed E-state index contributed by atoms with van der Waals surface area (Å²) in [5, 5.41) is 3.58. The van der Waals surface area contributed by atoms with E-state index in [0.29, 0.717) is 24.0 Å². The molecule has 6 heteroatoms. The fraction of sp³-hybridized carbons (Fsp3) is 0.500. The molecule has 0 radical (unpaired) electrons. The van der Waals surface area contributed by atoms with Crippen LogP contribution in [0.4, 0.5) is 0 Å². The Kier molecular flexibility index (Phi) is 4.73. The molecule has 2 rings (SSSR count). The molecule has 0 spiro atoms. The number of methoxy groups -OCH3 is 1. The Hall–Kier alpha value is -1.04. The van der Waals surface area contributed by atoms with Gasteiger partial charge in [-0.15, -0.1) is 11.3 Å². The highest BCUT2D eigenvalue weighted by Gasteiger charge is 2.17. The number of halogens is 1. The molecule has 0 unspecified atom stereocenters. The third-order valence-electron chi connectivity index (χ3n) is 2.72.